The topological polar surface area (TPSA) is 22.1 Å². The molecule has 3 heteroatoms. The Labute approximate surface area is 129 Å². The Hall–Kier alpha value is -2.06. The minimum Gasteiger partial charge on any atom is -0.489 e. The summed E-state index contributed by atoms with van der Waals surface area (Å²) in [6.07, 6.45) is 0. The summed E-state index contributed by atoms with van der Waals surface area (Å²) in [5.74, 6) is 0.857. The van der Waals surface area contributed by atoms with Crippen molar-refractivity contribution in [2.24, 2.45) is 0 Å². The van der Waals surface area contributed by atoms with Gasteiger partial charge in [0.15, 0.2) is 0 Å². The van der Waals surface area contributed by atoms with Gasteiger partial charge in [-0.2, -0.15) is 0 Å². The molecule has 3 aromatic rings. The summed E-state index contributed by atoms with van der Waals surface area (Å²) in [7, 11) is 0. The molecule has 0 bridgehead atoms. The van der Waals surface area contributed by atoms with Crippen LogP contribution in [0, 0.1) is 13.8 Å². The molecule has 0 saturated heterocycles. The van der Waals surface area contributed by atoms with Crippen LogP contribution in [0.2, 0.25) is 5.15 Å². The molecule has 3 rings (SSSR count). The molecule has 106 valence electrons. The van der Waals surface area contributed by atoms with Gasteiger partial charge in [-0.05, 0) is 48.7 Å². The second kappa shape index (κ2) is 5.74. The van der Waals surface area contributed by atoms with Crippen LogP contribution in [0.3, 0.4) is 0 Å². The van der Waals surface area contributed by atoms with Crippen LogP contribution in [0.4, 0.5) is 0 Å². The Kier molecular flexibility index (Phi) is 3.80. The van der Waals surface area contributed by atoms with Gasteiger partial charge in [0.1, 0.15) is 17.5 Å². The van der Waals surface area contributed by atoms with E-state index in [1.54, 1.807) is 0 Å². The molecule has 0 aliphatic heterocycles. The molecule has 0 radical (unpaired) electrons. The van der Waals surface area contributed by atoms with Gasteiger partial charge in [-0.3, -0.25) is 0 Å². The second-order valence-electron chi connectivity index (χ2n) is 5.17. The number of ether oxygens (including phenoxy) is 1. The number of rotatable bonds is 3. The third-order valence-corrected chi connectivity index (χ3v) is 3.70. The first kappa shape index (κ1) is 13.9. The summed E-state index contributed by atoms with van der Waals surface area (Å²) < 4.78 is 5.91. The highest BCUT2D eigenvalue weighted by atomic mass is 35.5. The molecule has 1 heterocycles. The molecule has 2 aromatic carbocycles. The van der Waals surface area contributed by atoms with Crippen molar-refractivity contribution in [2.75, 3.05) is 0 Å². The third-order valence-electron chi connectivity index (χ3n) is 3.50. The van der Waals surface area contributed by atoms with Gasteiger partial charge in [-0.15, -0.1) is 0 Å². The van der Waals surface area contributed by atoms with E-state index >= 15 is 0 Å². The van der Waals surface area contributed by atoms with E-state index in [1.807, 2.05) is 50.2 Å². The van der Waals surface area contributed by atoms with E-state index < -0.39 is 0 Å². The van der Waals surface area contributed by atoms with Gasteiger partial charge in [-0.1, -0.05) is 41.9 Å². The standard InChI is InChI=1S/C18H16ClNO/c1-12-9-17(19)20-18-13(2)8-15(10-16(12)18)21-11-14-6-4-3-5-7-14/h3-10H,11H2,1-2H3. The van der Waals surface area contributed by atoms with E-state index in [1.165, 1.54) is 0 Å². The maximum atomic E-state index is 6.03. The second-order valence-corrected chi connectivity index (χ2v) is 5.56. The fourth-order valence-electron chi connectivity index (χ4n) is 2.42. The van der Waals surface area contributed by atoms with E-state index in [9.17, 15) is 0 Å². The van der Waals surface area contributed by atoms with Gasteiger partial charge in [0.05, 0.1) is 5.52 Å². The maximum absolute atomic E-state index is 6.03. The molecule has 21 heavy (non-hydrogen) atoms. The number of fused-ring (bicyclic) bond motifs is 1. The third kappa shape index (κ3) is 3.01. The van der Waals surface area contributed by atoms with Crippen LogP contribution >= 0.6 is 11.6 Å². The number of nitrogens with zero attached hydrogens (tertiary/aromatic N) is 1. The molecule has 2 nitrogen and oxygen atoms in total. The molecule has 1 aromatic heterocycles. The highest BCUT2D eigenvalue weighted by Crippen LogP contribution is 2.28. The predicted molar refractivity (Wildman–Crippen MR) is 87.0 cm³/mol. The fourth-order valence-corrected chi connectivity index (χ4v) is 2.66. The van der Waals surface area contributed by atoms with Gasteiger partial charge in [0.2, 0.25) is 0 Å². The van der Waals surface area contributed by atoms with Crippen LogP contribution in [0.15, 0.2) is 48.5 Å². The SMILES string of the molecule is Cc1cc(Cl)nc2c(C)cc(OCc3ccccc3)cc12. The Morgan fingerprint density at radius 2 is 1.76 bits per heavy atom. The van der Waals surface area contributed by atoms with Crippen LogP contribution in [-0.4, -0.2) is 4.98 Å². The highest BCUT2D eigenvalue weighted by molar-refractivity contribution is 6.30. The average Bonchev–Trinajstić information content (AvgIpc) is 2.47. The van der Waals surface area contributed by atoms with Crippen molar-refractivity contribution in [3.8, 4) is 5.75 Å². The number of benzene rings is 2. The Morgan fingerprint density at radius 1 is 1.00 bits per heavy atom. The van der Waals surface area contributed by atoms with E-state index in [2.05, 4.69) is 17.1 Å². The van der Waals surface area contributed by atoms with Gasteiger partial charge >= 0.3 is 0 Å². The van der Waals surface area contributed by atoms with Crippen molar-refractivity contribution in [2.45, 2.75) is 20.5 Å². The first-order valence-corrected chi connectivity index (χ1v) is 7.25. The summed E-state index contributed by atoms with van der Waals surface area (Å²) in [6.45, 7) is 4.63. The first-order valence-electron chi connectivity index (χ1n) is 6.88. The zero-order valence-electron chi connectivity index (χ0n) is 12.1. The van der Waals surface area contributed by atoms with E-state index in [4.69, 9.17) is 16.3 Å². The predicted octanol–water partition coefficient (Wildman–Crippen LogP) is 5.08. The van der Waals surface area contributed by atoms with Gasteiger partial charge < -0.3 is 4.74 Å². The first-order chi connectivity index (χ1) is 10.1. The van der Waals surface area contributed by atoms with E-state index in [0.717, 1.165) is 33.3 Å². The molecule has 0 amide bonds. The lowest BCUT2D eigenvalue weighted by Gasteiger charge is -2.11. The molecule has 0 aliphatic rings. The largest absolute Gasteiger partial charge is 0.489 e. The lowest BCUT2D eigenvalue weighted by atomic mass is 10.1. The minimum atomic E-state index is 0.529. The zero-order chi connectivity index (χ0) is 14.8. The smallest absolute Gasteiger partial charge is 0.130 e. The molecule has 0 atom stereocenters. The van der Waals surface area contributed by atoms with Crippen molar-refractivity contribution in [1.82, 2.24) is 4.98 Å². The van der Waals surface area contributed by atoms with Crippen molar-refractivity contribution in [3.05, 3.63) is 70.4 Å². The van der Waals surface area contributed by atoms with Crippen LogP contribution in [0.25, 0.3) is 10.9 Å². The number of pyridine rings is 1. The molecule has 0 fully saturated rings. The summed E-state index contributed by atoms with van der Waals surface area (Å²) in [4.78, 5) is 4.41. The molecule has 0 saturated carbocycles. The Morgan fingerprint density at radius 3 is 2.52 bits per heavy atom. The Balaban J connectivity index is 1.93. The molecule has 0 aliphatic carbocycles. The number of hydrogen-bond acceptors (Lipinski definition) is 2. The molecule has 0 unspecified atom stereocenters. The fraction of sp³-hybridized carbons (Fsp3) is 0.167. The number of aryl methyl sites for hydroxylation is 2. The van der Waals surface area contributed by atoms with Crippen molar-refractivity contribution in [1.29, 1.82) is 0 Å². The Bertz CT molecular complexity index is 784. The van der Waals surface area contributed by atoms with Crippen LogP contribution in [-0.2, 0) is 6.61 Å². The number of aromatic nitrogens is 1. The number of hydrogen-bond donors (Lipinski definition) is 0. The van der Waals surface area contributed by atoms with Gasteiger partial charge in [-0.25, -0.2) is 4.98 Å². The molecular weight excluding hydrogens is 282 g/mol. The van der Waals surface area contributed by atoms with Crippen LogP contribution in [0.1, 0.15) is 16.7 Å². The van der Waals surface area contributed by atoms with E-state index in [-0.39, 0.29) is 0 Å². The molecule has 0 spiro atoms. The summed E-state index contributed by atoms with van der Waals surface area (Å²) >= 11 is 6.03. The lowest BCUT2D eigenvalue weighted by Crippen LogP contribution is -1.96. The summed E-state index contributed by atoms with van der Waals surface area (Å²) in [6, 6.07) is 16.1. The van der Waals surface area contributed by atoms with Crippen molar-refractivity contribution >= 4 is 22.5 Å². The highest BCUT2D eigenvalue weighted by Gasteiger charge is 2.07. The van der Waals surface area contributed by atoms with Gasteiger partial charge in [0, 0.05) is 5.39 Å². The van der Waals surface area contributed by atoms with Crippen LogP contribution < -0.4 is 4.74 Å². The normalized spacial score (nSPS) is 10.8. The molecular formula is C18H16ClNO. The summed E-state index contributed by atoms with van der Waals surface area (Å²) in [5.41, 5.74) is 4.27. The van der Waals surface area contributed by atoms with E-state index in [0.29, 0.717) is 11.8 Å². The number of halogens is 1. The quantitative estimate of drug-likeness (QED) is 0.629. The monoisotopic (exact) mass is 297 g/mol. The summed E-state index contributed by atoms with van der Waals surface area (Å²) in [5, 5.41) is 1.61. The van der Waals surface area contributed by atoms with Gasteiger partial charge in [0.25, 0.3) is 0 Å². The lowest BCUT2D eigenvalue weighted by molar-refractivity contribution is 0.306. The van der Waals surface area contributed by atoms with Crippen LogP contribution in [0.5, 0.6) is 5.75 Å². The van der Waals surface area contributed by atoms with Crippen molar-refractivity contribution in [3.63, 3.8) is 0 Å². The average molecular weight is 298 g/mol. The maximum Gasteiger partial charge on any atom is 0.130 e. The minimum absolute atomic E-state index is 0.529. The van der Waals surface area contributed by atoms with Crippen molar-refractivity contribution < 1.29 is 4.74 Å². The zero-order valence-corrected chi connectivity index (χ0v) is 12.8. The molecule has 0 N–H and O–H groups in total.